The van der Waals surface area contributed by atoms with E-state index in [1.54, 1.807) is 51.1 Å². The normalized spacial score (nSPS) is 37.0. The Morgan fingerprint density at radius 3 is 2.29 bits per heavy atom. The van der Waals surface area contributed by atoms with Gasteiger partial charge in [-0.1, -0.05) is 31.7 Å². The summed E-state index contributed by atoms with van der Waals surface area (Å²) in [5.74, 6) is -4.41. The van der Waals surface area contributed by atoms with Crippen LogP contribution in [0.4, 0.5) is 0 Å². The van der Waals surface area contributed by atoms with Gasteiger partial charge in [-0.2, -0.15) is 0 Å². The van der Waals surface area contributed by atoms with Crippen molar-refractivity contribution in [2.75, 3.05) is 6.61 Å². The summed E-state index contributed by atoms with van der Waals surface area (Å²) in [5.41, 5.74) is -5.65. The van der Waals surface area contributed by atoms with E-state index in [1.807, 2.05) is 20.8 Å². The topological polar surface area (TPSA) is 203 Å². The van der Waals surface area contributed by atoms with Crippen LogP contribution < -0.4 is 0 Å². The Kier molecular flexibility index (Phi) is 12.1. The Morgan fingerprint density at radius 2 is 1.72 bits per heavy atom. The molecule has 1 aromatic rings. The predicted octanol–water partition coefficient (Wildman–Crippen LogP) is 3.42. The number of fused-ring (bicyclic) bond motifs is 4. The maximum absolute atomic E-state index is 14.4. The second kappa shape index (κ2) is 16.2. The van der Waals surface area contributed by atoms with Gasteiger partial charge in [0.25, 0.3) is 0 Å². The van der Waals surface area contributed by atoms with Crippen molar-refractivity contribution in [3.8, 4) is 0 Å². The minimum absolute atomic E-state index is 0.0242. The van der Waals surface area contributed by atoms with Crippen LogP contribution in [-0.2, 0) is 52.2 Å². The number of hydrogen-bond acceptors (Lipinski definition) is 15. The molecule has 0 amide bonds. The molecular formula is C42H54BNO14. The van der Waals surface area contributed by atoms with Crippen LogP contribution >= 0.6 is 0 Å². The SMILES string of the molecule is C=CC1O[C@H]2C[C@H]3OC[C@@]3(OC(C)=O)[C@H]3[C@H](OC(=O)c4ccccc4)[C@]4(O)C[C@H](OC(=O)C(O)[C@H](CC(C)C)/N=C\B=O)C(C)=C([C@H](OC(C)=O)[C@H](O1)[C@]23C)C4(C)C. The van der Waals surface area contributed by atoms with Crippen molar-refractivity contribution in [3.63, 3.8) is 0 Å². The zero-order valence-corrected chi connectivity index (χ0v) is 34.2. The fourth-order valence-corrected chi connectivity index (χ4v) is 10.4. The van der Waals surface area contributed by atoms with Crippen molar-refractivity contribution in [1.82, 2.24) is 0 Å². The molecule has 2 aliphatic heterocycles. The molecule has 2 saturated heterocycles. The number of aliphatic imine (C=N–C) groups is 1. The number of rotatable bonds is 12. The number of carbonyl (C=O) groups is 4. The van der Waals surface area contributed by atoms with E-state index in [2.05, 4.69) is 11.6 Å². The van der Waals surface area contributed by atoms with Gasteiger partial charge in [0.05, 0.1) is 18.3 Å². The minimum atomic E-state index is -2.20. The van der Waals surface area contributed by atoms with E-state index in [0.29, 0.717) is 18.3 Å². The van der Waals surface area contributed by atoms with E-state index in [9.17, 15) is 34.1 Å². The van der Waals surface area contributed by atoms with Gasteiger partial charge in [0.1, 0.15) is 6.10 Å². The molecule has 5 aliphatic rings. The Hall–Kier alpha value is -4.09. The molecule has 15 nitrogen and oxygen atoms in total. The van der Waals surface area contributed by atoms with Gasteiger partial charge in [0.15, 0.2) is 6.29 Å². The predicted molar refractivity (Wildman–Crippen MR) is 205 cm³/mol. The van der Waals surface area contributed by atoms with E-state index >= 15 is 0 Å². The molecule has 4 fully saturated rings. The molecule has 0 spiro atoms. The van der Waals surface area contributed by atoms with Crippen molar-refractivity contribution in [2.45, 2.75) is 141 Å². The van der Waals surface area contributed by atoms with Gasteiger partial charge in [-0.05, 0) is 18.2 Å². The molecule has 16 heteroatoms. The monoisotopic (exact) mass is 807 g/mol. The number of carbonyl (C=O) groups excluding carboxylic acids is 4. The summed E-state index contributed by atoms with van der Waals surface area (Å²) >= 11 is 0. The molecule has 3 aliphatic carbocycles. The number of benzene rings is 1. The number of esters is 4. The quantitative estimate of drug-likeness (QED) is 0.102. The molecular weight excluding hydrogens is 753 g/mol. The van der Waals surface area contributed by atoms with Crippen LogP contribution in [0.3, 0.4) is 0 Å². The molecule has 58 heavy (non-hydrogen) atoms. The Balaban J connectivity index is 1.62. The Morgan fingerprint density at radius 1 is 1.03 bits per heavy atom. The molecule has 2 bridgehead atoms. The van der Waals surface area contributed by atoms with Crippen molar-refractivity contribution >= 4 is 37.1 Å². The van der Waals surface area contributed by atoms with Crippen molar-refractivity contribution in [2.24, 2.45) is 27.7 Å². The van der Waals surface area contributed by atoms with Crippen LogP contribution in [0.2, 0.25) is 0 Å². The molecule has 2 saturated carbocycles. The van der Waals surface area contributed by atoms with Crippen LogP contribution in [0, 0.1) is 22.7 Å². The van der Waals surface area contributed by atoms with Crippen molar-refractivity contribution in [3.05, 3.63) is 59.7 Å². The molecule has 2 N–H and O–H groups in total. The standard InChI is InChI=1S/C42H54BNO14/c1-10-30-55-28-17-29-41(19-52-29,58-24(6)46)34-36(57-37(48)25-14-12-11-13-15-25)42(50)18-27(54-38(49)32(47)26(16-21(2)3)44-20-43-51)22(4)31(39(42,7)8)33(53-23(5)45)35(56-30)40(28,34)9/h10-15,20-21,26-30,32-36,47,50H,1,16-19H2,2-9H3/b44-20-/t26-,27-,28-,29+,30?,32?,33-,34-,35-,36-,40+,41-,42+/m0/s1. The van der Waals surface area contributed by atoms with E-state index in [4.69, 9.17) is 33.2 Å². The molecule has 2 heterocycles. The zero-order valence-electron chi connectivity index (χ0n) is 34.2. The average molecular weight is 808 g/mol. The summed E-state index contributed by atoms with van der Waals surface area (Å²) < 4.78 is 55.7. The molecule has 1 aromatic carbocycles. The third-order valence-electron chi connectivity index (χ3n) is 13.0. The Bertz CT molecular complexity index is 1870. The molecule has 2 unspecified atom stereocenters. The van der Waals surface area contributed by atoms with E-state index in [-0.39, 0.29) is 37.4 Å². The maximum atomic E-state index is 14.4. The third kappa shape index (κ3) is 7.18. The number of aliphatic hydroxyl groups excluding tert-OH is 1. The third-order valence-corrected chi connectivity index (χ3v) is 13.0. The van der Waals surface area contributed by atoms with Crippen LogP contribution in [0.5, 0.6) is 0 Å². The summed E-state index contributed by atoms with van der Waals surface area (Å²) in [7, 11) is 0.442. The Labute approximate surface area is 338 Å². The van der Waals surface area contributed by atoms with Crippen LogP contribution in [0.25, 0.3) is 0 Å². The molecule has 13 atom stereocenters. The molecule has 0 radical (unpaired) electrons. The van der Waals surface area contributed by atoms with Crippen molar-refractivity contribution < 1.29 is 67.3 Å². The second-order valence-corrected chi connectivity index (χ2v) is 17.3. The fourth-order valence-electron chi connectivity index (χ4n) is 10.4. The number of aliphatic hydroxyl groups is 2. The molecule has 6 rings (SSSR count). The first-order valence-electron chi connectivity index (χ1n) is 19.7. The van der Waals surface area contributed by atoms with Crippen LogP contribution in [-0.4, -0.2) is 120 Å². The van der Waals surface area contributed by atoms with Gasteiger partial charge in [-0.3, -0.25) is 9.59 Å². The first kappa shape index (κ1) is 43.5. The van der Waals surface area contributed by atoms with E-state index in [0.717, 1.165) is 6.11 Å². The van der Waals surface area contributed by atoms with Crippen LogP contribution in [0.15, 0.2) is 59.1 Å². The summed E-state index contributed by atoms with van der Waals surface area (Å²) in [4.78, 5) is 58.8. The number of nitrogens with zero attached hydrogens (tertiary/aromatic N) is 1. The molecule has 0 aromatic heterocycles. The first-order valence-corrected chi connectivity index (χ1v) is 19.7. The van der Waals surface area contributed by atoms with Crippen molar-refractivity contribution in [1.29, 1.82) is 0 Å². The second-order valence-electron chi connectivity index (χ2n) is 17.3. The average Bonchev–Trinajstić information content (AvgIpc) is 3.15. The summed E-state index contributed by atoms with van der Waals surface area (Å²) in [6.07, 6.45) is -7.21. The zero-order chi connectivity index (χ0) is 42.5. The van der Waals surface area contributed by atoms with Gasteiger partial charge in [-0.25, -0.2) is 4.79 Å². The summed E-state index contributed by atoms with van der Waals surface area (Å²) in [5, 5.41) is 25.1. The van der Waals surface area contributed by atoms with Gasteiger partial charge >= 0.3 is 210 Å². The molecule has 314 valence electrons. The van der Waals surface area contributed by atoms with Gasteiger partial charge in [0.2, 0.25) is 0 Å². The fraction of sp³-hybridized carbons (Fsp3) is 0.643. The van der Waals surface area contributed by atoms with Gasteiger partial charge in [0, 0.05) is 20.3 Å². The number of ether oxygens (including phenoxy) is 7. The first-order chi connectivity index (χ1) is 27.3. The summed E-state index contributed by atoms with van der Waals surface area (Å²) in [6, 6.07) is 7.16. The van der Waals surface area contributed by atoms with E-state index in [1.165, 1.54) is 19.9 Å². The summed E-state index contributed by atoms with van der Waals surface area (Å²) in [6.45, 7) is 16.9. The van der Waals surface area contributed by atoms with E-state index < -0.39 is 107 Å². The van der Waals surface area contributed by atoms with Gasteiger partial charge in [-0.15, -0.1) is 0 Å². The number of hydrogen-bond donors (Lipinski definition) is 2. The van der Waals surface area contributed by atoms with Crippen LogP contribution in [0.1, 0.15) is 85.0 Å². The van der Waals surface area contributed by atoms with Gasteiger partial charge < -0.3 is 14.2 Å².